The predicted octanol–water partition coefficient (Wildman–Crippen LogP) is 4.33. The van der Waals surface area contributed by atoms with Gasteiger partial charge in [0.2, 0.25) is 0 Å². The van der Waals surface area contributed by atoms with Crippen LogP contribution in [-0.2, 0) is 4.74 Å². The van der Waals surface area contributed by atoms with Crippen molar-refractivity contribution < 1.29 is 4.74 Å². The standard InChI is InChI=1S/C12H23IO/c1-3-7-11(2)14-12(10-13)8-5-4-6-9-12/h11H,3-10H2,1-2H3. The van der Waals surface area contributed by atoms with Crippen molar-refractivity contribution in [3.8, 4) is 0 Å². The first kappa shape index (κ1) is 12.8. The molecule has 0 aromatic rings. The topological polar surface area (TPSA) is 9.23 Å². The monoisotopic (exact) mass is 310 g/mol. The molecule has 0 radical (unpaired) electrons. The molecule has 1 rings (SSSR count). The average Bonchev–Trinajstić information content (AvgIpc) is 2.19. The van der Waals surface area contributed by atoms with Crippen molar-refractivity contribution in [2.24, 2.45) is 0 Å². The van der Waals surface area contributed by atoms with Gasteiger partial charge in [-0.2, -0.15) is 0 Å². The third-order valence-corrected chi connectivity index (χ3v) is 4.54. The Bertz CT molecular complexity index is 152. The minimum Gasteiger partial charge on any atom is -0.371 e. The maximum absolute atomic E-state index is 6.26. The summed E-state index contributed by atoms with van der Waals surface area (Å²) in [4.78, 5) is 0. The first-order valence-electron chi connectivity index (χ1n) is 5.96. The Balaban J connectivity index is 2.42. The lowest BCUT2D eigenvalue weighted by molar-refractivity contribution is -0.0923. The van der Waals surface area contributed by atoms with Crippen molar-refractivity contribution >= 4 is 22.6 Å². The highest BCUT2D eigenvalue weighted by Crippen LogP contribution is 2.34. The molecule has 1 aliphatic carbocycles. The Labute approximate surface area is 102 Å². The van der Waals surface area contributed by atoms with Gasteiger partial charge >= 0.3 is 0 Å². The zero-order chi connectivity index (χ0) is 10.4. The van der Waals surface area contributed by atoms with Gasteiger partial charge < -0.3 is 4.74 Å². The highest BCUT2D eigenvalue weighted by Gasteiger charge is 2.33. The van der Waals surface area contributed by atoms with E-state index in [4.69, 9.17) is 4.74 Å². The third kappa shape index (κ3) is 3.69. The van der Waals surface area contributed by atoms with E-state index in [2.05, 4.69) is 36.4 Å². The lowest BCUT2D eigenvalue weighted by Crippen LogP contribution is -2.39. The summed E-state index contributed by atoms with van der Waals surface area (Å²) in [6.07, 6.45) is 9.59. The van der Waals surface area contributed by atoms with Crippen molar-refractivity contribution in [3.05, 3.63) is 0 Å². The van der Waals surface area contributed by atoms with E-state index in [-0.39, 0.29) is 5.60 Å². The molecule has 14 heavy (non-hydrogen) atoms. The zero-order valence-corrected chi connectivity index (χ0v) is 11.7. The molecule has 2 heteroatoms. The molecule has 1 aliphatic rings. The van der Waals surface area contributed by atoms with Crippen LogP contribution in [0.15, 0.2) is 0 Å². The van der Waals surface area contributed by atoms with Crippen LogP contribution in [0.4, 0.5) is 0 Å². The maximum atomic E-state index is 6.26. The van der Waals surface area contributed by atoms with E-state index in [1.165, 1.54) is 49.4 Å². The van der Waals surface area contributed by atoms with Crippen molar-refractivity contribution in [1.82, 2.24) is 0 Å². The summed E-state index contributed by atoms with van der Waals surface area (Å²) in [6.45, 7) is 4.46. The zero-order valence-electron chi connectivity index (χ0n) is 9.52. The van der Waals surface area contributed by atoms with Gasteiger partial charge in [0, 0.05) is 4.43 Å². The van der Waals surface area contributed by atoms with Gasteiger partial charge in [0.25, 0.3) is 0 Å². The number of alkyl halides is 1. The molecule has 0 spiro atoms. The fourth-order valence-electron chi connectivity index (χ4n) is 2.37. The van der Waals surface area contributed by atoms with Crippen LogP contribution >= 0.6 is 22.6 Å². The molecule has 1 fully saturated rings. The minimum atomic E-state index is 0.230. The van der Waals surface area contributed by atoms with Crippen LogP contribution in [-0.4, -0.2) is 16.1 Å². The summed E-state index contributed by atoms with van der Waals surface area (Å²) >= 11 is 2.50. The second kappa shape index (κ2) is 6.31. The van der Waals surface area contributed by atoms with Gasteiger partial charge in [-0.25, -0.2) is 0 Å². The van der Waals surface area contributed by atoms with Crippen LogP contribution in [0.25, 0.3) is 0 Å². The first-order valence-corrected chi connectivity index (χ1v) is 7.49. The van der Waals surface area contributed by atoms with Gasteiger partial charge in [0.1, 0.15) is 0 Å². The van der Waals surface area contributed by atoms with Gasteiger partial charge in [-0.3, -0.25) is 0 Å². The quantitative estimate of drug-likeness (QED) is 0.542. The van der Waals surface area contributed by atoms with Crippen LogP contribution in [0.5, 0.6) is 0 Å². The van der Waals surface area contributed by atoms with Gasteiger partial charge in [-0.15, -0.1) is 0 Å². The van der Waals surface area contributed by atoms with Crippen molar-refractivity contribution in [1.29, 1.82) is 0 Å². The first-order chi connectivity index (χ1) is 6.72. The summed E-state index contributed by atoms with van der Waals surface area (Å²) < 4.78 is 7.43. The minimum absolute atomic E-state index is 0.230. The van der Waals surface area contributed by atoms with E-state index in [0.717, 1.165) is 0 Å². The average molecular weight is 310 g/mol. The molecular weight excluding hydrogens is 287 g/mol. The number of hydrogen-bond donors (Lipinski definition) is 0. The van der Waals surface area contributed by atoms with Crippen molar-refractivity contribution in [3.63, 3.8) is 0 Å². The van der Waals surface area contributed by atoms with Crippen LogP contribution in [0.3, 0.4) is 0 Å². The van der Waals surface area contributed by atoms with E-state index in [9.17, 15) is 0 Å². The molecule has 0 amide bonds. The highest BCUT2D eigenvalue weighted by atomic mass is 127. The molecule has 84 valence electrons. The summed E-state index contributed by atoms with van der Waals surface area (Å²) in [7, 11) is 0. The molecule has 0 aromatic heterocycles. The summed E-state index contributed by atoms with van der Waals surface area (Å²) in [5.74, 6) is 0. The predicted molar refractivity (Wildman–Crippen MR) is 70.2 cm³/mol. The van der Waals surface area contributed by atoms with Crippen molar-refractivity contribution in [2.75, 3.05) is 4.43 Å². The Morgan fingerprint density at radius 2 is 1.93 bits per heavy atom. The van der Waals surface area contributed by atoms with Gasteiger partial charge in [-0.1, -0.05) is 55.2 Å². The molecule has 0 bridgehead atoms. The fourth-order valence-corrected chi connectivity index (χ4v) is 3.31. The lowest BCUT2D eigenvalue weighted by atomic mass is 9.86. The maximum Gasteiger partial charge on any atom is 0.0775 e. The molecule has 1 unspecified atom stereocenters. The fraction of sp³-hybridized carbons (Fsp3) is 1.00. The van der Waals surface area contributed by atoms with Crippen LogP contribution in [0, 0.1) is 0 Å². The number of hydrogen-bond acceptors (Lipinski definition) is 1. The molecule has 0 aromatic carbocycles. The number of halogens is 1. The third-order valence-electron chi connectivity index (χ3n) is 3.15. The normalized spacial score (nSPS) is 23.4. The van der Waals surface area contributed by atoms with E-state index in [1.807, 2.05) is 0 Å². The Hall–Kier alpha value is 0.690. The molecule has 1 saturated carbocycles. The van der Waals surface area contributed by atoms with Crippen LogP contribution in [0.2, 0.25) is 0 Å². The molecule has 1 nitrogen and oxygen atoms in total. The molecule has 0 N–H and O–H groups in total. The molecule has 1 atom stereocenters. The van der Waals surface area contributed by atoms with E-state index >= 15 is 0 Å². The van der Waals surface area contributed by atoms with E-state index in [0.29, 0.717) is 6.10 Å². The van der Waals surface area contributed by atoms with Gasteiger partial charge in [-0.05, 0) is 26.2 Å². The van der Waals surface area contributed by atoms with Crippen LogP contribution in [0.1, 0.15) is 58.8 Å². The Morgan fingerprint density at radius 3 is 2.43 bits per heavy atom. The number of ether oxygens (including phenoxy) is 1. The SMILES string of the molecule is CCCC(C)OC1(CI)CCCCC1. The second-order valence-corrected chi connectivity index (χ2v) is 5.36. The van der Waals surface area contributed by atoms with Crippen molar-refractivity contribution in [2.45, 2.75) is 70.5 Å². The van der Waals surface area contributed by atoms with E-state index in [1.54, 1.807) is 0 Å². The lowest BCUT2D eigenvalue weighted by Gasteiger charge is -2.38. The largest absolute Gasteiger partial charge is 0.371 e. The second-order valence-electron chi connectivity index (χ2n) is 4.59. The van der Waals surface area contributed by atoms with E-state index < -0.39 is 0 Å². The Morgan fingerprint density at radius 1 is 1.29 bits per heavy atom. The highest BCUT2D eigenvalue weighted by molar-refractivity contribution is 14.1. The molecular formula is C12H23IO. The molecule has 0 saturated heterocycles. The van der Waals surface area contributed by atoms with Crippen LogP contribution < -0.4 is 0 Å². The summed E-state index contributed by atoms with van der Waals surface area (Å²) in [6, 6.07) is 0. The van der Waals surface area contributed by atoms with Gasteiger partial charge in [0.05, 0.1) is 11.7 Å². The number of rotatable bonds is 5. The Kier molecular flexibility index (Phi) is 5.75. The molecule has 0 heterocycles. The molecule has 0 aliphatic heterocycles. The van der Waals surface area contributed by atoms with Gasteiger partial charge in [0.15, 0.2) is 0 Å². The summed E-state index contributed by atoms with van der Waals surface area (Å²) in [5, 5.41) is 0. The summed E-state index contributed by atoms with van der Waals surface area (Å²) in [5.41, 5.74) is 0.230. The smallest absolute Gasteiger partial charge is 0.0775 e.